The number of halogens is 2. The Morgan fingerprint density at radius 3 is 2.72 bits per heavy atom. The molecule has 1 aliphatic rings. The second-order valence-electron chi connectivity index (χ2n) is 11.8. The smallest absolute Gasteiger partial charge is 0.355 e. The summed E-state index contributed by atoms with van der Waals surface area (Å²) in [5, 5.41) is 19.1. The number of nitrogens with one attached hydrogen (secondary N) is 1. The number of carbonyl (C=O) groups excluding carboxylic acids is 1. The molecule has 5 aromatic rings. The number of aliphatic hydroxyl groups is 1. The number of aryl methyl sites for hydroxylation is 2. The van der Waals surface area contributed by atoms with Gasteiger partial charge in [-0.05, 0) is 74.4 Å². The highest BCUT2D eigenvalue weighted by molar-refractivity contribution is 6.35. The zero-order valence-corrected chi connectivity index (χ0v) is 27.7. The van der Waals surface area contributed by atoms with Crippen LogP contribution in [-0.4, -0.2) is 76.8 Å². The van der Waals surface area contributed by atoms with Gasteiger partial charge in [-0.3, -0.25) is 9.58 Å². The van der Waals surface area contributed by atoms with Crippen molar-refractivity contribution in [3.63, 3.8) is 0 Å². The van der Waals surface area contributed by atoms with Crippen LogP contribution in [0.2, 0.25) is 5.02 Å². The maximum absolute atomic E-state index is 13.8. The lowest BCUT2D eigenvalue weighted by Crippen LogP contribution is -2.37. The highest BCUT2D eigenvalue weighted by Crippen LogP contribution is 2.42. The average Bonchev–Trinajstić information content (AvgIpc) is 3.58. The fourth-order valence-electron chi connectivity index (χ4n) is 6.40. The zero-order valence-electron chi connectivity index (χ0n) is 26.9. The molecule has 0 bridgehead atoms. The first kappa shape index (κ1) is 33.0. The van der Waals surface area contributed by atoms with Crippen LogP contribution in [0.25, 0.3) is 32.8 Å². The highest BCUT2D eigenvalue weighted by Gasteiger charge is 2.28. The molecular weight excluding hydrogens is 623 g/mol. The van der Waals surface area contributed by atoms with Crippen molar-refractivity contribution in [3.05, 3.63) is 82.0 Å². The van der Waals surface area contributed by atoms with E-state index in [1.54, 1.807) is 17.7 Å². The molecule has 1 saturated heterocycles. The molecule has 9 nitrogen and oxygen atoms in total. The minimum atomic E-state index is -0.819. The Bertz CT molecular complexity index is 1900. The van der Waals surface area contributed by atoms with Gasteiger partial charge in [-0.25, -0.2) is 9.18 Å². The summed E-state index contributed by atoms with van der Waals surface area (Å²) in [6.07, 6.45) is 0.815. The Hall–Kier alpha value is -3.96. The molecule has 1 unspecified atom stereocenters. The summed E-state index contributed by atoms with van der Waals surface area (Å²) in [6.45, 7) is 8.10. The van der Waals surface area contributed by atoms with Crippen LogP contribution in [-0.2, 0) is 22.9 Å². The van der Waals surface area contributed by atoms with Crippen molar-refractivity contribution < 1.29 is 28.5 Å². The Morgan fingerprint density at radius 2 is 1.94 bits per heavy atom. The van der Waals surface area contributed by atoms with Gasteiger partial charge in [0, 0.05) is 54.3 Å². The number of hydrogen-bond donors (Lipinski definition) is 2. The average molecular weight is 663 g/mol. The van der Waals surface area contributed by atoms with E-state index in [-0.39, 0.29) is 12.4 Å². The van der Waals surface area contributed by atoms with E-state index in [2.05, 4.69) is 9.88 Å². The van der Waals surface area contributed by atoms with E-state index in [4.69, 9.17) is 30.9 Å². The Labute approximate surface area is 278 Å². The van der Waals surface area contributed by atoms with Gasteiger partial charge in [-0.1, -0.05) is 29.8 Å². The lowest BCUT2D eigenvalue weighted by atomic mass is 9.96. The number of nitrogens with zero attached hydrogens (tertiary/aromatic N) is 3. The summed E-state index contributed by atoms with van der Waals surface area (Å²) in [6, 6.07) is 13.9. The standard InChI is InChI=1S/C36H40ClFN4O5/c1-4-46-36(44)34-26(8-6-18-47-30-9-5-7-23-21-24(38)10-11-25(23)30)27-12-13-28(37)32(33(27)39-34)31-22(2)41(3)40-35(31)29(43)14-15-42-16-19-45-20-17-42/h5,7,9-13,21,29,39,43H,4,6,8,14-20H2,1-3H3. The van der Waals surface area contributed by atoms with Crippen molar-refractivity contribution in [2.45, 2.75) is 39.2 Å². The first-order chi connectivity index (χ1) is 22.8. The number of benzene rings is 3. The van der Waals surface area contributed by atoms with Gasteiger partial charge < -0.3 is 24.3 Å². The molecule has 1 fully saturated rings. The number of esters is 1. The third kappa shape index (κ3) is 6.87. The third-order valence-electron chi connectivity index (χ3n) is 8.89. The molecule has 0 saturated carbocycles. The van der Waals surface area contributed by atoms with Gasteiger partial charge in [0.05, 0.1) is 48.8 Å². The molecule has 0 radical (unpaired) electrons. The van der Waals surface area contributed by atoms with Gasteiger partial charge in [-0.15, -0.1) is 0 Å². The number of rotatable bonds is 12. The minimum absolute atomic E-state index is 0.229. The number of carbonyl (C=O) groups is 1. The number of fused-ring (bicyclic) bond motifs is 2. The van der Waals surface area contributed by atoms with Gasteiger partial charge in [0.2, 0.25) is 0 Å². The summed E-state index contributed by atoms with van der Waals surface area (Å²) in [4.78, 5) is 18.9. The van der Waals surface area contributed by atoms with E-state index in [1.807, 2.05) is 44.3 Å². The predicted octanol–water partition coefficient (Wildman–Crippen LogP) is 6.77. The summed E-state index contributed by atoms with van der Waals surface area (Å²) in [7, 11) is 1.85. The van der Waals surface area contributed by atoms with E-state index in [0.29, 0.717) is 72.3 Å². The molecule has 1 atom stereocenters. The molecule has 0 amide bonds. The minimum Gasteiger partial charge on any atom is -0.493 e. The second-order valence-corrected chi connectivity index (χ2v) is 12.3. The molecule has 47 heavy (non-hydrogen) atoms. The predicted molar refractivity (Wildman–Crippen MR) is 181 cm³/mol. The normalized spacial score (nSPS) is 14.6. The van der Waals surface area contributed by atoms with Crippen LogP contribution in [0.3, 0.4) is 0 Å². The first-order valence-corrected chi connectivity index (χ1v) is 16.5. The molecule has 11 heteroatoms. The molecule has 1 aliphatic heterocycles. The Kier molecular flexibility index (Phi) is 10.1. The lowest BCUT2D eigenvalue weighted by molar-refractivity contribution is 0.0297. The number of hydrogen-bond acceptors (Lipinski definition) is 7. The summed E-state index contributed by atoms with van der Waals surface area (Å²) < 4.78 is 32.6. The molecule has 6 rings (SSSR count). The number of ether oxygens (including phenoxy) is 3. The molecule has 248 valence electrons. The van der Waals surface area contributed by atoms with E-state index in [9.17, 15) is 14.3 Å². The quantitative estimate of drug-likeness (QED) is 0.112. The number of aliphatic hydroxyl groups excluding tert-OH is 1. The number of aromatic nitrogens is 3. The van der Waals surface area contributed by atoms with Gasteiger partial charge in [0.1, 0.15) is 17.3 Å². The molecule has 3 aromatic carbocycles. The molecule has 0 spiro atoms. The van der Waals surface area contributed by atoms with Gasteiger partial charge in [0.25, 0.3) is 0 Å². The van der Waals surface area contributed by atoms with Crippen molar-refractivity contribution >= 4 is 39.2 Å². The largest absolute Gasteiger partial charge is 0.493 e. The van der Waals surface area contributed by atoms with Gasteiger partial charge in [-0.2, -0.15) is 5.10 Å². The van der Waals surface area contributed by atoms with Crippen molar-refractivity contribution in [2.75, 3.05) is 46.1 Å². The first-order valence-electron chi connectivity index (χ1n) is 16.1. The zero-order chi connectivity index (χ0) is 33.1. The summed E-state index contributed by atoms with van der Waals surface area (Å²) in [5.74, 6) is -0.0737. The van der Waals surface area contributed by atoms with Crippen molar-refractivity contribution in [3.8, 4) is 16.9 Å². The lowest BCUT2D eigenvalue weighted by Gasteiger charge is -2.27. The van der Waals surface area contributed by atoms with Crippen LogP contribution in [0, 0.1) is 12.7 Å². The van der Waals surface area contributed by atoms with E-state index < -0.39 is 12.1 Å². The van der Waals surface area contributed by atoms with Crippen LogP contribution >= 0.6 is 11.6 Å². The third-order valence-corrected chi connectivity index (χ3v) is 9.21. The SMILES string of the molecule is CCOC(=O)c1[nH]c2c(-c3c(C(O)CCN4CCOCC4)nn(C)c3C)c(Cl)ccc2c1CCCOc1cccc2cc(F)ccc12. The molecule has 3 heterocycles. The molecular formula is C36H40ClFN4O5. The van der Waals surface area contributed by atoms with E-state index >= 15 is 0 Å². The maximum Gasteiger partial charge on any atom is 0.355 e. The van der Waals surface area contributed by atoms with Gasteiger partial charge >= 0.3 is 5.97 Å². The van der Waals surface area contributed by atoms with Crippen LogP contribution in [0.15, 0.2) is 48.5 Å². The molecule has 2 N–H and O–H groups in total. The van der Waals surface area contributed by atoms with Crippen molar-refractivity contribution in [2.24, 2.45) is 7.05 Å². The fourth-order valence-corrected chi connectivity index (χ4v) is 6.65. The van der Waals surface area contributed by atoms with Crippen LogP contribution in [0.4, 0.5) is 4.39 Å². The van der Waals surface area contributed by atoms with E-state index in [1.165, 1.54) is 12.1 Å². The Balaban J connectivity index is 1.31. The van der Waals surface area contributed by atoms with Crippen LogP contribution < -0.4 is 4.74 Å². The second kappa shape index (κ2) is 14.4. The van der Waals surface area contributed by atoms with E-state index in [0.717, 1.165) is 52.6 Å². The summed E-state index contributed by atoms with van der Waals surface area (Å²) in [5.41, 5.74) is 4.67. The number of aromatic amines is 1. The van der Waals surface area contributed by atoms with Crippen molar-refractivity contribution in [1.29, 1.82) is 0 Å². The number of H-pyrrole nitrogens is 1. The monoisotopic (exact) mass is 662 g/mol. The van der Waals surface area contributed by atoms with Gasteiger partial charge in [0.15, 0.2) is 0 Å². The number of morpholine rings is 1. The summed E-state index contributed by atoms with van der Waals surface area (Å²) >= 11 is 6.93. The van der Waals surface area contributed by atoms with Crippen LogP contribution in [0.1, 0.15) is 53.3 Å². The maximum atomic E-state index is 13.8. The highest BCUT2D eigenvalue weighted by atomic mass is 35.5. The molecule has 0 aliphatic carbocycles. The van der Waals surface area contributed by atoms with Crippen LogP contribution in [0.5, 0.6) is 5.75 Å². The topological polar surface area (TPSA) is 102 Å². The Morgan fingerprint density at radius 1 is 1.15 bits per heavy atom. The van der Waals surface area contributed by atoms with Crippen molar-refractivity contribution in [1.82, 2.24) is 19.7 Å². The fraction of sp³-hybridized carbons (Fsp3) is 0.389. The molecule has 2 aromatic heterocycles.